The summed E-state index contributed by atoms with van der Waals surface area (Å²) in [5.74, 6) is 0.755. The smallest absolute Gasteiger partial charge is 0.222 e. The predicted molar refractivity (Wildman–Crippen MR) is 136 cm³/mol. The Morgan fingerprint density at radius 1 is 1.18 bits per heavy atom. The molecule has 7 heteroatoms. The van der Waals surface area contributed by atoms with E-state index in [1.165, 1.54) is 37.8 Å². The summed E-state index contributed by atoms with van der Waals surface area (Å²) >= 11 is 5.39. The van der Waals surface area contributed by atoms with Crippen LogP contribution < -0.4 is 10.2 Å². The lowest BCUT2D eigenvalue weighted by molar-refractivity contribution is -0.121. The molecule has 0 spiro atoms. The monoisotopic (exact) mass is 463 g/mol. The topological polar surface area (TPSA) is 66.0 Å². The molecule has 1 aromatic heterocycles. The summed E-state index contributed by atoms with van der Waals surface area (Å²) in [5, 5.41) is 10.3. The maximum absolute atomic E-state index is 12.5. The molecule has 1 fully saturated rings. The van der Waals surface area contributed by atoms with E-state index in [9.17, 15) is 4.79 Å². The molecule has 0 bridgehead atoms. The fourth-order valence-corrected chi connectivity index (χ4v) is 4.78. The minimum Gasteiger partial charge on any atom is -0.372 e. The van der Waals surface area contributed by atoms with Crippen molar-refractivity contribution in [3.8, 4) is 11.4 Å². The lowest BCUT2D eigenvalue weighted by Crippen LogP contribution is -2.33. The van der Waals surface area contributed by atoms with E-state index in [0.717, 1.165) is 22.5 Å². The van der Waals surface area contributed by atoms with Crippen LogP contribution >= 0.6 is 12.2 Å². The number of anilines is 1. The molecule has 6 nitrogen and oxygen atoms in total. The summed E-state index contributed by atoms with van der Waals surface area (Å²) in [6, 6.07) is 17.3. The van der Waals surface area contributed by atoms with Crippen LogP contribution in [0.2, 0.25) is 0 Å². The Morgan fingerprint density at radius 2 is 1.94 bits per heavy atom. The van der Waals surface area contributed by atoms with Crippen LogP contribution in [0.3, 0.4) is 0 Å². The first-order valence-electron chi connectivity index (χ1n) is 11.8. The fourth-order valence-electron chi connectivity index (χ4n) is 4.56. The third kappa shape index (κ3) is 5.90. The van der Waals surface area contributed by atoms with Gasteiger partial charge in [0, 0.05) is 43.9 Å². The molecule has 174 valence electrons. The minimum atomic E-state index is -0.00306. The number of amides is 1. The Balaban J connectivity index is 1.30. The molecule has 1 saturated carbocycles. The van der Waals surface area contributed by atoms with E-state index in [1.54, 1.807) is 0 Å². The molecule has 1 aliphatic carbocycles. The van der Waals surface area contributed by atoms with Gasteiger partial charge in [-0.05, 0) is 55.7 Å². The summed E-state index contributed by atoms with van der Waals surface area (Å²) in [5.41, 5.74) is 4.49. The van der Waals surface area contributed by atoms with Crippen molar-refractivity contribution in [2.24, 2.45) is 0 Å². The van der Waals surface area contributed by atoms with Gasteiger partial charge < -0.3 is 10.2 Å². The Morgan fingerprint density at radius 3 is 2.67 bits per heavy atom. The van der Waals surface area contributed by atoms with E-state index in [-0.39, 0.29) is 5.91 Å². The summed E-state index contributed by atoms with van der Waals surface area (Å²) in [6.45, 7) is 3.05. The molecule has 0 atom stereocenters. The van der Waals surface area contributed by atoms with E-state index in [1.807, 2.05) is 29.7 Å². The van der Waals surface area contributed by atoms with E-state index in [2.05, 4.69) is 57.8 Å². The molecule has 0 aliphatic heterocycles. The molecule has 4 rings (SSSR count). The molecule has 1 aliphatic rings. The van der Waals surface area contributed by atoms with Crippen LogP contribution in [0.5, 0.6) is 0 Å². The van der Waals surface area contributed by atoms with Crippen molar-refractivity contribution >= 4 is 23.8 Å². The van der Waals surface area contributed by atoms with Crippen LogP contribution in [0.1, 0.15) is 49.7 Å². The van der Waals surface area contributed by atoms with Gasteiger partial charge in [0.15, 0.2) is 10.6 Å². The number of carbonyl (C=O) groups is 1. The van der Waals surface area contributed by atoms with Gasteiger partial charge in [-0.3, -0.25) is 14.5 Å². The van der Waals surface area contributed by atoms with Gasteiger partial charge in [-0.15, -0.1) is 0 Å². The average molecular weight is 464 g/mol. The highest BCUT2D eigenvalue weighted by molar-refractivity contribution is 7.71. The van der Waals surface area contributed by atoms with Crippen molar-refractivity contribution in [1.82, 2.24) is 20.1 Å². The van der Waals surface area contributed by atoms with Gasteiger partial charge >= 0.3 is 0 Å². The number of benzene rings is 2. The molecule has 0 unspecified atom stereocenters. The number of nitrogens with one attached hydrogen (secondary N) is 2. The first-order valence-corrected chi connectivity index (χ1v) is 12.2. The molecule has 1 heterocycles. The normalized spacial score (nSPS) is 14.2. The molecule has 3 aromatic rings. The van der Waals surface area contributed by atoms with E-state index in [0.29, 0.717) is 30.3 Å². The summed E-state index contributed by atoms with van der Waals surface area (Å²) in [4.78, 5) is 14.9. The van der Waals surface area contributed by atoms with Gasteiger partial charge in [0.05, 0.1) is 0 Å². The Kier molecular flexibility index (Phi) is 7.60. The van der Waals surface area contributed by atoms with Gasteiger partial charge in [-0.25, -0.2) is 0 Å². The predicted octanol–water partition coefficient (Wildman–Crippen LogP) is 5.39. The Hall–Kier alpha value is -2.93. The SMILES string of the molecule is Cc1cccc(-c2n[nH]c(=S)n2CCC(=O)NCc2ccc(N(C)C3CCCCC3)cc2)c1. The first kappa shape index (κ1) is 23.2. The third-order valence-corrected chi connectivity index (χ3v) is 6.86. The number of H-pyrrole nitrogens is 1. The van der Waals surface area contributed by atoms with E-state index >= 15 is 0 Å². The molecular formula is C26H33N5OS. The van der Waals surface area contributed by atoms with Crippen LogP contribution in [0, 0.1) is 11.7 Å². The molecule has 33 heavy (non-hydrogen) atoms. The highest BCUT2D eigenvalue weighted by Crippen LogP contribution is 2.26. The number of hydrogen-bond donors (Lipinski definition) is 2. The van der Waals surface area contributed by atoms with Crippen LogP contribution in [-0.4, -0.2) is 33.8 Å². The van der Waals surface area contributed by atoms with Gasteiger partial charge in [0.1, 0.15) is 0 Å². The van der Waals surface area contributed by atoms with E-state index < -0.39 is 0 Å². The zero-order chi connectivity index (χ0) is 23.2. The van der Waals surface area contributed by atoms with Gasteiger partial charge in [-0.2, -0.15) is 5.10 Å². The average Bonchev–Trinajstić information content (AvgIpc) is 3.22. The Labute approximate surface area is 201 Å². The number of aromatic amines is 1. The number of aryl methyl sites for hydroxylation is 1. The number of nitrogens with zero attached hydrogens (tertiary/aromatic N) is 3. The highest BCUT2D eigenvalue weighted by atomic mass is 32.1. The quantitative estimate of drug-likeness (QED) is 0.440. The molecule has 2 N–H and O–H groups in total. The zero-order valence-corrected chi connectivity index (χ0v) is 20.3. The number of carbonyl (C=O) groups excluding carboxylic acids is 1. The van der Waals surface area contributed by atoms with Crippen molar-refractivity contribution in [3.05, 3.63) is 64.4 Å². The number of rotatable bonds is 8. The first-order chi connectivity index (χ1) is 16.0. The maximum Gasteiger partial charge on any atom is 0.222 e. The van der Waals surface area contributed by atoms with Crippen molar-refractivity contribution in [2.45, 2.75) is 64.6 Å². The van der Waals surface area contributed by atoms with Crippen LogP contribution in [0.25, 0.3) is 11.4 Å². The minimum absolute atomic E-state index is 0.00306. The lowest BCUT2D eigenvalue weighted by atomic mass is 9.94. The number of hydrogen-bond acceptors (Lipinski definition) is 4. The summed E-state index contributed by atoms with van der Waals surface area (Å²) in [6.07, 6.45) is 6.92. The van der Waals surface area contributed by atoms with Crippen molar-refractivity contribution < 1.29 is 4.79 Å². The summed E-state index contributed by atoms with van der Waals surface area (Å²) < 4.78 is 2.41. The Bertz CT molecular complexity index is 1130. The van der Waals surface area contributed by atoms with Crippen LogP contribution in [0.4, 0.5) is 5.69 Å². The highest BCUT2D eigenvalue weighted by Gasteiger charge is 2.18. The zero-order valence-electron chi connectivity index (χ0n) is 19.5. The second-order valence-electron chi connectivity index (χ2n) is 8.97. The summed E-state index contributed by atoms with van der Waals surface area (Å²) in [7, 11) is 2.19. The second-order valence-corrected chi connectivity index (χ2v) is 9.36. The van der Waals surface area contributed by atoms with Crippen molar-refractivity contribution in [1.29, 1.82) is 0 Å². The van der Waals surface area contributed by atoms with Crippen molar-refractivity contribution in [2.75, 3.05) is 11.9 Å². The molecule has 1 amide bonds. The maximum atomic E-state index is 12.5. The lowest BCUT2D eigenvalue weighted by Gasteiger charge is -2.33. The standard InChI is InChI=1S/C26H33N5OS/c1-19-7-6-8-21(17-19)25-28-29-26(33)31(25)16-15-24(32)27-18-20-11-13-23(14-12-20)30(2)22-9-4-3-5-10-22/h6-8,11-14,17,22H,3-5,9-10,15-16,18H2,1-2H3,(H,27,32)(H,29,33). The van der Waals surface area contributed by atoms with Crippen LogP contribution in [0.15, 0.2) is 48.5 Å². The van der Waals surface area contributed by atoms with Gasteiger partial charge in [-0.1, -0.05) is 55.2 Å². The van der Waals surface area contributed by atoms with Gasteiger partial charge in [0.2, 0.25) is 5.91 Å². The van der Waals surface area contributed by atoms with Crippen molar-refractivity contribution in [3.63, 3.8) is 0 Å². The van der Waals surface area contributed by atoms with Crippen LogP contribution in [-0.2, 0) is 17.9 Å². The number of aromatic nitrogens is 3. The molecule has 0 radical (unpaired) electrons. The molecular weight excluding hydrogens is 430 g/mol. The molecule has 0 saturated heterocycles. The fraction of sp³-hybridized carbons (Fsp3) is 0.423. The second kappa shape index (κ2) is 10.8. The van der Waals surface area contributed by atoms with Gasteiger partial charge in [0.25, 0.3) is 0 Å². The largest absolute Gasteiger partial charge is 0.372 e. The van der Waals surface area contributed by atoms with E-state index in [4.69, 9.17) is 12.2 Å². The molecule has 2 aromatic carbocycles. The third-order valence-electron chi connectivity index (χ3n) is 6.55.